The van der Waals surface area contributed by atoms with Gasteiger partial charge < -0.3 is 14.2 Å². The van der Waals surface area contributed by atoms with Crippen molar-refractivity contribution >= 4 is 5.97 Å². The summed E-state index contributed by atoms with van der Waals surface area (Å²) in [6, 6.07) is 0. The quantitative estimate of drug-likeness (QED) is 0.643. The van der Waals surface area contributed by atoms with E-state index in [2.05, 4.69) is 13.8 Å². The van der Waals surface area contributed by atoms with Crippen molar-refractivity contribution in [3.8, 4) is 0 Å². The van der Waals surface area contributed by atoms with Gasteiger partial charge in [0.25, 0.3) is 0 Å². The molecule has 1 spiro atoms. The Balaban J connectivity index is 1.86. The van der Waals surface area contributed by atoms with Crippen LogP contribution >= 0.6 is 0 Å². The minimum atomic E-state index is -0.507. The van der Waals surface area contributed by atoms with E-state index >= 15 is 0 Å². The smallest absolute Gasteiger partial charge is 0.339 e. The van der Waals surface area contributed by atoms with Crippen molar-refractivity contribution in [1.29, 1.82) is 0 Å². The Labute approximate surface area is 125 Å². The highest BCUT2D eigenvalue weighted by Crippen LogP contribution is 2.59. The molecule has 2 atom stereocenters. The van der Waals surface area contributed by atoms with Gasteiger partial charge in [-0.3, -0.25) is 0 Å². The molecule has 0 aromatic heterocycles. The molecule has 4 rings (SSSR count). The molecule has 0 bridgehead atoms. The van der Waals surface area contributed by atoms with Crippen molar-refractivity contribution in [2.24, 2.45) is 11.3 Å². The Morgan fingerprint density at radius 3 is 2.57 bits per heavy atom. The molecule has 0 N–H and O–H groups in total. The van der Waals surface area contributed by atoms with E-state index in [0.29, 0.717) is 13.2 Å². The number of esters is 1. The minimum absolute atomic E-state index is 0.101. The summed E-state index contributed by atoms with van der Waals surface area (Å²) in [5, 5.41) is 0. The maximum absolute atomic E-state index is 12.0. The lowest BCUT2D eigenvalue weighted by Gasteiger charge is -2.50. The van der Waals surface area contributed by atoms with Gasteiger partial charge in [0.15, 0.2) is 5.79 Å². The van der Waals surface area contributed by atoms with Crippen LogP contribution in [-0.4, -0.2) is 25.0 Å². The average Bonchev–Trinajstić information content (AvgIpc) is 3.03. The fourth-order valence-corrected chi connectivity index (χ4v) is 4.58. The van der Waals surface area contributed by atoms with E-state index < -0.39 is 5.79 Å². The van der Waals surface area contributed by atoms with Gasteiger partial charge in [-0.15, -0.1) is 0 Å². The second-order valence-corrected chi connectivity index (χ2v) is 7.03. The van der Waals surface area contributed by atoms with Crippen LogP contribution in [0.1, 0.15) is 46.5 Å². The van der Waals surface area contributed by atoms with Gasteiger partial charge >= 0.3 is 5.97 Å². The third-order valence-electron chi connectivity index (χ3n) is 5.94. The van der Waals surface area contributed by atoms with Crippen LogP contribution in [0.4, 0.5) is 0 Å². The van der Waals surface area contributed by atoms with Crippen LogP contribution in [0.5, 0.6) is 0 Å². The molecule has 2 aliphatic carbocycles. The normalized spacial score (nSPS) is 37.9. The average molecular weight is 290 g/mol. The summed E-state index contributed by atoms with van der Waals surface area (Å²) >= 11 is 0. The first-order valence-electron chi connectivity index (χ1n) is 7.92. The van der Waals surface area contributed by atoms with Crippen LogP contribution in [-0.2, 0) is 19.0 Å². The molecule has 0 radical (unpaired) electrons. The van der Waals surface area contributed by atoms with Gasteiger partial charge in [-0.1, -0.05) is 13.8 Å². The fourth-order valence-electron chi connectivity index (χ4n) is 4.58. The molecular weight excluding hydrogens is 268 g/mol. The molecule has 0 unspecified atom stereocenters. The van der Waals surface area contributed by atoms with Crippen LogP contribution in [0, 0.1) is 11.3 Å². The number of hydrogen-bond donors (Lipinski definition) is 0. The third-order valence-corrected chi connectivity index (χ3v) is 5.94. The largest absolute Gasteiger partial charge is 0.423 e. The Bertz CT molecular complexity index is 580. The molecule has 0 aromatic rings. The second kappa shape index (κ2) is 4.20. The molecule has 4 aliphatic rings. The van der Waals surface area contributed by atoms with Crippen LogP contribution in [0.15, 0.2) is 22.5 Å². The predicted octanol–water partition coefficient (Wildman–Crippen LogP) is 3.09. The fraction of sp³-hybridized carbons (Fsp3) is 0.706. The van der Waals surface area contributed by atoms with Crippen LogP contribution in [0.3, 0.4) is 0 Å². The summed E-state index contributed by atoms with van der Waals surface area (Å²) < 4.78 is 17.6. The Kier molecular flexibility index (Phi) is 2.71. The highest BCUT2D eigenvalue weighted by atomic mass is 16.7. The lowest BCUT2D eigenvalue weighted by atomic mass is 9.59. The number of fused-ring (bicyclic) bond motifs is 2. The summed E-state index contributed by atoms with van der Waals surface area (Å²) in [5.74, 6) is 0.268. The third kappa shape index (κ3) is 1.66. The Morgan fingerprint density at radius 2 is 1.86 bits per heavy atom. The van der Waals surface area contributed by atoms with Gasteiger partial charge in [0.2, 0.25) is 0 Å². The summed E-state index contributed by atoms with van der Waals surface area (Å²) in [6.45, 7) is 7.65. The van der Waals surface area contributed by atoms with E-state index in [1.165, 1.54) is 5.57 Å². The number of carbonyl (C=O) groups excluding carboxylic acids is 1. The SMILES string of the molecule is CC1=C2CC[C@]3(C)CCC4(OCCO4)[C@@H](C)C3=C2OC1=O. The van der Waals surface area contributed by atoms with Crippen molar-refractivity contribution < 1.29 is 19.0 Å². The van der Waals surface area contributed by atoms with Gasteiger partial charge in [-0.25, -0.2) is 4.79 Å². The molecule has 0 amide bonds. The molecule has 4 heteroatoms. The first-order valence-corrected chi connectivity index (χ1v) is 7.92. The highest BCUT2D eigenvalue weighted by molar-refractivity contribution is 5.94. The van der Waals surface area contributed by atoms with Crippen molar-refractivity contribution in [1.82, 2.24) is 0 Å². The van der Waals surface area contributed by atoms with Gasteiger partial charge in [0.1, 0.15) is 5.76 Å². The van der Waals surface area contributed by atoms with E-state index in [0.717, 1.165) is 42.6 Å². The molecular formula is C17H22O4. The van der Waals surface area contributed by atoms with Crippen molar-refractivity contribution in [3.05, 3.63) is 22.5 Å². The highest BCUT2D eigenvalue weighted by Gasteiger charge is 2.56. The minimum Gasteiger partial charge on any atom is -0.423 e. The number of ether oxygens (including phenoxy) is 3. The number of rotatable bonds is 0. The van der Waals surface area contributed by atoms with Crippen LogP contribution < -0.4 is 0 Å². The maximum atomic E-state index is 12.0. The number of carbonyl (C=O) groups is 1. The number of hydrogen-bond acceptors (Lipinski definition) is 4. The molecule has 2 aliphatic heterocycles. The summed E-state index contributed by atoms with van der Waals surface area (Å²) in [4.78, 5) is 12.0. The standard InChI is InChI=1S/C17H22O4/c1-10-12-4-5-16(3)6-7-17(19-8-9-20-17)11(2)13(16)14(12)21-15(10)18/h11H,4-9H2,1-3H3/t11-,16+/m0/s1. The van der Waals surface area contributed by atoms with E-state index in [1.807, 2.05) is 6.92 Å². The van der Waals surface area contributed by atoms with E-state index in [4.69, 9.17) is 14.2 Å². The van der Waals surface area contributed by atoms with Crippen LogP contribution in [0.25, 0.3) is 0 Å². The van der Waals surface area contributed by atoms with Gasteiger partial charge in [0.05, 0.1) is 13.2 Å². The lowest BCUT2D eigenvalue weighted by Crippen LogP contribution is -2.49. The van der Waals surface area contributed by atoms with Gasteiger partial charge in [-0.05, 0) is 37.2 Å². The molecule has 114 valence electrons. The second-order valence-electron chi connectivity index (χ2n) is 7.03. The molecule has 2 heterocycles. The van der Waals surface area contributed by atoms with Crippen molar-refractivity contribution in [2.75, 3.05) is 13.2 Å². The van der Waals surface area contributed by atoms with Crippen LogP contribution in [0.2, 0.25) is 0 Å². The lowest BCUT2D eigenvalue weighted by molar-refractivity contribution is -0.206. The first kappa shape index (κ1) is 13.5. The summed E-state index contributed by atoms with van der Waals surface area (Å²) in [6.07, 6.45) is 3.97. The summed E-state index contributed by atoms with van der Waals surface area (Å²) in [5.41, 5.74) is 3.22. The van der Waals surface area contributed by atoms with Crippen molar-refractivity contribution in [2.45, 2.75) is 52.2 Å². The Hall–Kier alpha value is -1.13. The zero-order valence-corrected chi connectivity index (χ0v) is 13.0. The van der Waals surface area contributed by atoms with Crippen molar-refractivity contribution in [3.63, 3.8) is 0 Å². The van der Waals surface area contributed by atoms with E-state index in [1.54, 1.807) is 0 Å². The zero-order valence-electron chi connectivity index (χ0n) is 13.0. The predicted molar refractivity (Wildman–Crippen MR) is 76.2 cm³/mol. The molecule has 1 saturated heterocycles. The zero-order chi connectivity index (χ0) is 14.8. The van der Waals surface area contributed by atoms with Gasteiger partial charge in [-0.2, -0.15) is 0 Å². The molecule has 1 saturated carbocycles. The maximum Gasteiger partial charge on any atom is 0.339 e. The van der Waals surface area contributed by atoms with Gasteiger partial charge in [0, 0.05) is 23.5 Å². The molecule has 2 fully saturated rings. The van der Waals surface area contributed by atoms with E-state index in [9.17, 15) is 4.79 Å². The van der Waals surface area contributed by atoms with E-state index in [-0.39, 0.29) is 17.3 Å². The molecule has 0 aromatic carbocycles. The number of allylic oxidation sites excluding steroid dienone is 1. The summed E-state index contributed by atoms with van der Waals surface area (Å²) in [7, 11) is 0. The monoisotopic (exact) mass is 290 g/mol. The molecule has 4 nitrogen and oxygen atoms in total. The Morgan fingerprint density at radius 1 is 1.14 bits per heavy atom. The first-order chi connectivity index (χ1) is 9.97. The topological polar surface area (TPSA) is 44.8 Å². The molecule has 21 heavy (non-hydrogen) atoms.